The minimum Gasteiger partial charge on any atom is -0.425 e. The quantitative estimate of drug-likeness (QED) is 0.257. The zero-order valence-electron chi connectivity index (χ0n) is 18.9. The molecule has 0 radical (unpaired) electrons. The molecule has 0 fully saturated rings. The highest BCUT2D eigenvalue weighted by Gasteiger charge is 2.36. The zero-order chi connectivity index (χ0) is 22.9. The number of ether oxygens (including phenoxy) is 1. The monoisotopic (exact) mass is 440 g/mol. The number of esters is 1. The van der Waals surface area contributed by atoms with E-state index in [1.165, 1.54) is 0 Å². The predicted molar refractivity (Wildman–Crippen MR) is 127 cm³/mol. The molecule has 0 saturated heterocycles. The molecule has 0 saturated carbocycles. The van der Waals surface area contributed by atoms with Crippen LogP contribution in [-0.4, -0.2) is 25.0 Å². The predicted octanol–water partition coefficient (Wildman–Crippen LogP) is 4.65. The van der Waals surface area contributed by atoms with Gasteiger partial charge < -0.3 is 14.1 Å². The lowest BCUT2D eigenvalue weighted by Crippen LogP contribution is -2.25. The van der Waals surface area contributed by atoms with E-state index in [1.54, 1.807) is 0 Å². The third-order valence-corrected chi connectivity index (χ3v) is 6.93. The minimum absolute atomic E-state index is 0.205. The second-order valence-corrected chi connectivity index (χ2v) is 9.23. The first-order valence-corrected chi connectivity index (χ1v) is 11.3. The number of hydrogen-bond acceptors (Lipinski definition) is 6. The number of carbonyl (C=O) groups is 1. The van der Waals surface area contributed by atoms with E-state index in [1.807, 2.05) is 56.3 Å². The van der Waals surface area contributed by atoms with Crippen LogP contribution in [0.2, 0.25) is 0 Å². The van der Waals surface area contributed by atoms with Crippen LogP contribution in [0.1, 0.15) is 46.6 Å². The first kappa shape index (κ1) is 20.0. The number of nitrogens with zero attached hydrogens (tertiary/aromatic N) is 2. The molecular formula is C27H24N2O4. The van der Waals surface area contributed by atoms with Crippen molar-refractivity contribution in [1.29, 1.82) is 0 Å². The largest absolute Gasteiger partial charge is 0.425 e. The fourth-order valence-corrected chi connectivity index (χ4v) is 5.51. The summed E-state index contributed by atoms with van der Waals surface area (Å²) in [5.41, 5.74) is 5.73. The van der Waals surface area contributed by atoms with Gasteiger partial charge in [0.1, 0.15) is 17.2 Å². The van der Waals surface area contributed by atoms with Gasteiger partial charge in [-0.1, -0.05) is 18.2 Å². The van der Waals surface area contributed by atoms with Gasteiger partial charge in [0, 0.05) is 42.1 Å². The van der Waals surface area contributed by atoms with E-state index < -0.39 is 0 Å². The summed E-state index contributed by atoms with van der Waals surface area (Å²) in [4.78, 5) is 32.4. The molecule has 0 spiro atoms. The number of anilines is 1. The van der Waals surface area contributed by atoms with Crippen molar-refractivity contribution in [3.05, 3.63) is 74.6 Å². The summed E-state index contributed by atoms with van der Waals surface area (Å²) in [6.07, 6.45) is 2.63. The summed E-state index contributed by atoms with van der Waals surface area (Å²) in [5.74, 6) is 0.897. The molecular weight excluding hydrogens is 416 g/mol. The maximum Gasteiger partial charge on any atom is 0.339 e. The Morgan fingerprint density at radius 3 is 2.67 bits per heavy atom. The molecule has 2 aliphatic rings. The molecule has 0 bridgehead atoms. The van der Waals surface area contributed by atoms with Crippen molar-refractivity contribution in [3.8, 4) is 5.75 Å². The van der Waals surface area contributed by atoms with E-state index in [9.17, 15) is 9.59 Å². The van der Waals surface area contributed by atoms with Crippen LogP contribution in [0.15, 0.2) is 45.6 Å². The van der Waals surface area contributed by atoms with Gasteiger partial charge in [0.25, 0.3) is 0 Å². The number of para-hydroxylation sites is 1. The fraction of sp³-hybridized carbons (Fsp3) is 0.296. The number of aromatic nitrogens is 1. The van der Waals surface area contributed by atoms with Crippen LogP contribution in [-0.2, 0) is 17.6 Å². The van der Waals surface area contributed by atoms with Crippen molar-refractivity contribution in [2.75, 3.05) is 19.0 Å². The van der Waals surface area contributed by atoms with Crippen LogP contribution in [0, 0.1) is 6.92 Å². The molecule has 2 aromatic heterocycles. The molecule has 1 unspecified atom stereocenters. The number of rotatable bonds is 2. The Kier molecular flexibility index (Phi) is 4.34. The molecule has 33 heavy (non-hydrogen) atoms. The average Bonchev–Trinajstić information content (AvgIpc) is 3.28. The number of aryl methyl sites for hydroxylation is 2. The molecule has 0 N–H and O–H groups in total. The van der Waals surface area contributed by atoms with E-state index in [0.717, 1.165) is 57.2 Å². The van der Waals surface area contributed by atoms with Gasteiger partial charge in [-0.05, 0) is 55.5 Å². The van der Waals surface area contributed by atoms with Gasteiger partial charge in [-0.3, -0.25) is 4.79 Å². The average molecular weight is 440 g/mol. The lowest BCUT2D eigenvalue weighted by molar-refractivity contribution is -0.135. The van der Waals surface area contributed by atoms with Gasteiger partial charge in [-0.25, -0.2) is 9.78 Å². The molecule has 0 amide bonds. The molecule has 4 aromatic rings. The summed E-state index contributed by atoms with van der Waals surface area (Å²) in [7, 11) is 3.94. The van der Waals surface area contributed by atoms with Crippen LogP contribution in [0.3, 0.4) is 0 Å². The maximum absolute atomic E-state index is 12.9. The first-order chi connectivity index (χ1) is 15.9. The third-order valence-electron chi connectivity index (χ3n) is 6.93. The number of hydrogen-bond donors (Lipinski definition) is 0. The van der Waals surface area contributed by atoms with Crippen molar-refractivity contribution in [3.63, 3.8) is 0 Å². The standard InChI is InChI=1S/C27H24N2O4/c1-14-11-21-24(16-8-6-9-17(16)27(31)32-21)25-23(14)18(13-22(30)33-25)19-12-15-7-4-5-10-20(15)28-26(19)29(2)3/h4-5,7,10-12,18H,6,8-9,13H2,1-3H3. The third kappa shape index (κ3) is 2.97. The highest BCUT2D eigenvalue weighted by Crippen LogP contribution is 2.48. The van der Waals surface area contributed by atoms with Crippen molar-refractivity contribution >= 4 is 33.7 Å². The fourth-order valence-electron chi connectivity index (χ4n) is 5.51. The van der Waals surface area contributed by atoms with Gasteiger partial charge in [0.05, 0.1) is 17.3 Å². The van der Waals surface area contributed by atoms with Gasteiger partial charge in [0.2, 0.25) is 0 Å². The highest BCUT2D eigenvalue weighted by atomic mass is 16.5. The smallest absolute Gasteiger partial charge is 0.339 e. The van der Waals surface area contributed by atoms with Crippen molar-refractivity contribution < 1.29 is 13.9 Å². The van der Waals surface area contributed by atoms with Crippen LogP contribution in [0.4, 0.5) is 5.82 Å². The molecule has 1 aliphatic carbocycles. The Balaban J connectivity index is 1.68. The van der Waals surface area contributed by atoms with E-state index in [2.05, 4.69) is 6.07 Å². The van der Waals surface area contributed by atoms with Crippen LogP contribution in [0.25, 0.3) is 21.9 Å². The molecule has 166 valence electrons. The van der Waals surface area contributed by atoms with E-state index in [4.69, 9.17) is 14.1 Å². The van der Waals surface area contributed by atoms with E-state index >= 15 is 0 Å². The second kappa shape index (κ2) is 7.17. The van der Waals surface area contributed by atoms with Gasteiger partial charge in [-0.15, -0.1) is 0 Å². The molecule has 1 aliphatic heterocycles. The molecule has 1 atom stereocenters. The maximum atomic E-state index is 12.9. The van der Waals surface area contributed by atoms with Crippen LogP contribution >= 0.6 is 0 Å². The van der Waals surface area contributed by atoms with Gasteiger partial charge in [0.15, 0.2) is 0 Å². The summed E-state index contributed by atoms with van der Waals surface area (Å²) >= 11 is 0. The molecule has 6 rings (SSSR count). The van der Waals surface area contributed by atoms with Crippen LogP contribution < -0.4 is 15.3 Å². The van der Waals surface area contributed by atoms with E-state index in [0.29, 0.717) is 23.3 Å². The lowest BCUT2D eigenvalue weighted by atomic mass is 9.82. The topological polar surface area (TPSA) is 72.6 Å². The molecule has 6 nitrogen and oxygen atoms in total. The summed E-state index contributed by atoms with van der Waals surface area (Å²) in [6, 6.07) is 12.1. The number of pyridine rings is 1. The molecule has 6 heteroatoms. The number of carbonyl (C=O) groups excluding carboxylic acids is 1. The summed E-state index contributed by atoms with van der Waals surface area (Å²) in [5, 5.41) is 1.81. The Morgan fingerprint density at radius 1 is 1.06 bits per heavy atom. The van der Waals surface area contributed by atoms with Gasteiger partial charge in [-0.2, -0.15) is 0 Å². The molecule has 2 aromatic carbocycles. The summed E-state index contributed by atoms with van der Waals surface area (Å²) in [6.45, 7) is 1.99. The Labute approximate surface area is 190 Å². The Bertz CT molecular complexity index is 1530. The number of fused-ring (bicyclic) bond motifs is 6. The lowest BCUT2D eigenvalue weighted by Gasteiger charge is -2.30. The zero-order valence-corrected chi connectivity index (χ0v) is 18.9. The van der Waals surface area contributed by atoms with Crippen molar-refractivity contribution in [2.45, 2.75) is 38.5 Å². The Hall–Kier alpha value is -3.67. The van der Waals surface area contributed by atoms with Crippen molar-refractivity contribution in [2.24, 2.45) is 0 Å². The summed E-state index contributed by atoms with van der Waals surface area (Å²) < 4.78 is 11.6. The highest BCUT2D eigenvalue weighted by molar-refractivity contribution is 5.95. The SMILES string of the molecule is Cc1cc2oc(=O)c3c(c2c2c1C(c1cc4ccccc4nc1N(C)C)CC(=O)O2)CCC3. The second-order valence-electron chi connectivity index (χ2n) is 9.23. The normalized spacial score (nSPS) is 17.2. The Morgan fingerprint density at radius 2 is 1.85 bits per heavy atom. The van der Waals surface area contributed by atoms with Crippen molar-refractivity contribution in [1.82, 2.24) is 4.98 Å². The first-order valence-electron chi connectivity index (χ1n) is 11.3. The van der Waals surface area contributed by atoms with E-state index in [-0.39, 0.29) is 23.9 Å². The van der Waals surface area contributed by atoms with Gasteiger partial charge >= 0.3 is 11.6 Å². The molecule has 3 heterocycles. The minimum atomic E-state index is -0.282. The number of benzene rings is 2. The van der Waals surface area contributed by atoms with Crippen LogP contribution in [0.5, 0.6) is 5.75 Å².